The van der Waals surface area contributed by atoms with Crippen LogP contribution in [-0.2, 0) is 0 Å². The molecule has 0 spiro atoms. The zero-order chi connectivity index (χ0) is 20.7. The van der Waals surface area contributed by atoms with E-state index in [2.05, 4.69) is 25.7 Å². The van der Waals surface area contributed by atoms with E-state index < -0.39 is 0 Å². The lowest BCUT2D eigenvalue weighted by atomic mass is 10.1. The Bertz CT molecular complexity index is 1430. The SMILES string of the molecule is COc1ccc2c(Nc3cc(C)[nH]n3)nc(Sc3ccc4c(=O)[nH][nH]c4c3)cc2c1. The highest BCUT2D eigenvalue weighted by Gasteiger charge is 2.11. The van der Waals surface area contributed by atoms with Gasteiger partial charge in [-0.3, -0.25) is 20.1 Å². The highest BCUT2D eigenvalue weighted by atomic mass is 32.2. The van der Waals surface area contributed by atoms with E-state index in [1.165, 1.54) is 11.8 Å². The minimum absolute atomic E-state index is 0.127. The smallest absolute Gasteiger partial charge is 0.271 e. The number of benzene rings is 2. The van der Waals surface area contributed by atoms with Crippen LogP contribution in [0, 0.1) is 6.92 Å². The number of hydrogen-bond donors (Lipinski definition) is 4. The Morgan fingerprint density at radius 3 is 2.70 bits per heavy atom. The molecule has 3 heterocycles. The van der Waals surface area contributed by atoms with E-state index >= 15 is 0 Å². The van der Waals surface area contributed by atoms with Crippen LogP contribution in [0.25, 0.3) is 21.7 Å². The molecule has 0 unspecified atom stereocenters. The molecule has 0 aliphatic rings. The maximum atomic E-state index is 11.7. The molecule has 9 heteroatoms. The molecule has 0 radical (unpaired) electrons. The van der Waals surface area contributed by atoms with Crippen molar-refractivity contribution in [3.8, 4) is 5.75 Å². The fourth-order valence-corrected chi connectivity index (χ4v) is 4.17. The van der Waals surface area contributed by atoms with Crippen LogP contribution in [0.4, 0.5) is 11.6 Å². The Labute approximate surface area is 175 Å². The van der Waals surface area contributed by atoms with E-state index in [-0.39, 0.29) is 5.56 Å². The second kappa shape index (κ2) is 7.27. The molecule has 8 nitrogen and oxygen atoms in total. The van der Waals surface area contributed by atoms with E-state index in [1.54, 1.807) is 7.11 Å². The van der Waals surface area contributed by atoms with Crippen molar-refractivity contribution in [2.45, 2.75) is 16.8 Å². The van der Waals surface area contributed by atoms with Crippen molar-refractivity contribution in [3.63, 3.8) is 0 Å². The van der Waals surface area contributed by atoms with Gasteiger partial charge in [-0.05, 0) is 54.8 Å². The van der Waals surface area contributed by atoms with Gasteiger partial charge in [0, 0.05) is 22.0 Å². The zero-order valence-electron chi connectivity index (χ0n) is 16.2. The molecule has 0 bridgehead atoms. The average molecular weight is 418 g/mol. The lowest BCUT2D eigenvalue weighted by Gasteiger charge is -2.11. The second-order valence-corrected chi connectivity index (χ2v) is 7.94. The first kappa shape index (κ1) is 18.3. The number of rotatable bonds is 5. The van der Waals surface area contributed by atoms with Gasteiger partial charge >= 0.3 is 0 Å². The predicted octanol–water partition coefficient (Wildman–Crippen LogP) is 4.34. The summed E-state index contributed by atoms with van der Waals surface area (Å²) in [7, 11) is 1.65. The number of fused-ring (bicyclic) bond motifs is 2. The van der Waals surface area contributed by atoms with Crippen molar-refractivity contribution < 1.29 is 4.74 Å². The highest BCUT2D eigenvalue weighted by molar-refractivity contribution is 7.99. The number of methoxy groups -OCH3 is 1. The monoisotopic (exact) mass is 418 g/mol. The summed E-state index contributed by atoms with van der Waals surface area (Å²) in [6.07, 6.45) is 0. The van der Waals surface area contributed by atoms with Gasteiger partial charge in [0.2, 0.25) is 0 Å². The zero-order valence-corrected chi connectivity index (χ0v) is 17.1. The molecule has 0 saturated heterocycles. The summed E-state index contributed by atoms with van der Waals surface area (Å²) in [5.74, 6) is 2.18. The third kappa shape index (κ3) is 3.39. The number of aromatic nitrogens is 5. The number of aryl methyl sites for hydroxylation is 1. The van der Waals surface area contributed by atoms with Crippen LogP contribution in [-0.4, -0.2) is 32.5 Å². The van der Waals surface area contributed by atoms with Crippen LogP contribution in [0.3, 0.4) is 0 Å². The fourth-order valence-electron chi connectivity index (χ4n) is 3.29. The number of nitrogens with one attached hydrogen (secondary N) is 4. The molecule has 5 rings (SSSR count). The van der Waals surface area contributed by atoms with Crippen LogP contribution in [0.1, 0.15) is 5.69 Å². The molecule has 0 fully saturated rings. The molecule has 5 aromatic rings. The molecule has 30 heavy (non-hydrogen) atoms. The molecule has 0 saturated carbocycles. The van der Waals surface area contributed by atoms with Crippen molar-refractivity contribution in [2.24, 2.45) is 0 Å². The van der Waals surface area contributed by atoms with E-state index in [1.807, 2.05) is 55.5 Å². The van der Waals surface area contributed by atoms with Gasteiger partial charge in [-0.2, -0.15) is 5.10 Å². The van der Waals surface area contributed by atoms with Gasteiger partial charge in [-0.15, -0.1) is 0 Å². The van der Waals surface area contributed by atoms with Gasteiger partial charge < -0.3 is 10.1 Å². The maximum Gasteiger partial charge on any atom is 0.271 e. The molecule has 0 atom stereocenters. The molecule has 150 valence electrons. The van der Waals surface area contributed by atoms with Crippen molar-refractivity contribution in [2.75, 3.05) is 12.4 Å². The Morgan fingerprint density at radius 2 is 1.90 bits per heavy atom. The number of pyridine rings is 1. The van der Waals surface area contributed by atoms with Gasteiger partial charge in [-0.1, -0.05) is 11.8 Å². The van der Waals surface area contributed by atoms with E-state index in [4.69, 9.17) is 9.72 Å². The van der Waals surface area contributed by atoms with Crippen LogP contribution < -0.4 is 15.6 Å². The van der Waals surface area contributed by atoms with Crippen LogP contribution in [0.15, 0.2) is 63.2 Å². The van der Waals surface area contributed by atoms with Gasteiger partial charge in [0.15, 0.2) is 5.82 Å². The third-order valence-electron chi connectivity index (χ3n) is 4.74. The van der Waals surface area contributed by atoms with E-state index in [0.29, 0.717) is 17.0 Å². The predicted molar refractivity (Wildman–Crippen MR) is 118 cm³/mol. The minimum Gasteiger partial charge on any atom is -0.497 e. The van der Waals surface area contributed by atoms with Crippen LogP contribution >= 0.6 is 11.8 Å². The van der Waals surface area contributed by atoms with Gasteiger partial charge in [0.25, 0.3) is 5.56 Å². The van der Waals surface area contributed by atoms with Crippen molar-refractivity contribution in [1.29, 1.82) is 0 Å². The largest absolute Gasteiger partial charge is 0.497 e. The van der Waals surface area contributed by atoms with Crippen LogP contribution in [0.2, 0.25) is 0 Å². The van der Waals surface area contributed by atoms with Crippen LogP contribution in [0.5, 0.6) is 5.75 Å². The molecular formula is C21H18N6O2S. The number of aromatic amines is 3. The Balaban J connectivity index is 1.58. The first-order chi connectivity index (χ1) is 14.6. The molecule has 4 N–H and O–H groups in total. The Kier molecular flexibility index (Phi) is 4.44. The first-order valence-electron chi connectivity index (χ1n) is 9.25. The fraction of sp³-hybridized carbons (Fsp3) is 0.0952. The Hall–Kier alpha value is -3.72. The lowest BCUT2D eigenvalue weighted by Crippen LogP contribution is -1.97. The standard InChI is InChI=1S/C21H18N6O2S/c1-11-7-18(26-24-11)22-20-15-5-3-13(29-2)8-12(15)9-19(23-20)30-14-4-6-16-17(10-14)25-27-21(16)28/h3-10H,1-2H3,(H2,25,27,28)(H2,22,23,24,26). The second-order valence-electron chi connectivity index (χ2n) is 6.85. The summed E-state index contributed by atoms with van der Waals surface area (Å²) in [6, 6.07) is 15.5. The topological polar surface area (TPSA) is 111 Å². The van der Waals surface area contributed by atoms with E-state index in [9.17, 15) is 4.79 Å². The Morgan fingerprint density at radius 1 is 1.03 bits per heavy atom. The molecule has 2 aromatic carbocycles. The normalized spacial score (nSPS) is 11.3. The number of ether oxygens (including phenoxy) is 1. The molecular weight excluding hydrogens is 400 g/mol. The molecule has 0 aliphatic carbocycles. The summed E-state index contributed by atoms with van der Waals surface area (Å²) in [5, 5.41) is 19.4. The van der Waals surface area contributed by atoms with Crippen molar-refractivity contribution >= 4 is 45.1 Å². The lowest BCUT2D eigenvalue weighted by molar-refractivity contribution is 0.415. The number of anilines is 2. The summed E-state index contributed by atoms with van der Waals surface area (Å²) >= 11 is 1.51. The highest BCUT2D eigenvalue weighted by Crippen LogP contribution is 2.34. The van der Waals surface area contributed by atoms with Gasteiger partial charge in [-0.25, -0.2) is 4.98 Å². The average Bonchev–Trinajstić information content (AvgIpc) is 3.32. The molecule has 3 aromatic heterocycles. The summed E-state index contributed by atoms with van der Waals surface area (Å²) in [6.45, 7) is 1.95. The van der Waals surface area contributed by atoms with Crippen molar-refractivity contribution in [3.05, 3.63) is 64.6 Å². The van der Waals surface area contributed by atoms with Crippen molar-refractivity contribution in [1.82, 2.24) is 25.4 Å². The third-order valence-corrected chi connectivity index (χ3v) is 5.64. The summed E-state index contributed by atoms with van der Waals surface area (Å²) in [4.78, 5) is 17.5. The summed E-state index contributed by atoms with van der Waals surface area (Å²) < 4.78 is 5.39. The molecule has 0 aliphatic heterocycles. The maximum absolute atomic E-state index is 11.7. The van der Waals surface area contributed by atoms with Gasteiger partial charge in [0.1, 0.15) is 16.6 Å². The van der Waals surface area contributed by atoms with Gasteiger partial charge in [0.05, 0.1) is 18.0 Å². The number of H-pyrrole nitrogens is 3. The number of nitrogens with zero attached hydrogens (tertiary/aromatic N) is 2. The molecule has 0 amide bonds. The number of hydrogen-bond acceptors (Lipinski definition) is 6. The minimum atomic E-state index is -0.127. The van der Waals surface area contributed by atoms with E-state index in [0.717, 1.165) is 37.7 Å². The quantitative estimate of drug-likeness (QED) is 0.338. The summed E-state index contributed by atoms with van der Waals surface area (Å²) in [5.41, 5.74) is 1.60. The first-order valence-corrected chi connectivity index (χ1v) is 10.1.